The minimum absolute atomic E-state index is 0.343. The highest BCUT2D eigenvalue weighted by Gasteiger charge is 2.07. The molecule has 0 aliphatic rings. The number of aliphatic hydroxyl groups excluding tert-OH is 1. The average molecular weight is 211 g/mol. The number of benzene rings is 1. The second kappa shape index (κ2) is 3.64. The highest BCUT2D eigenvalue weighted by molar-refractivity contribution is 6.19. The Morgan fingerprint density at radius 1 is 1.43 bits per heavy atom. The molecule has 0 aliphatic carbocycles. The molecule has 0 saturated carbocycles. The zero-order valence-corrected chi connectivity index (χ0v) is 8.58. The number of rotatable bonds is 2. The van der Waals surface area contributed by atoms with Gasteiger partial charge in [0.2, 0.25) is 0 Å². The summed E-state index contributed by atoms with van der Waals surface area (Å²) in [6.07, 6.45) is 0.343. The summed E-state index contributed by atoms with van der Waals surface area (Å²) in [6, 6.07) is 7.90. The zero-order chi connectivity index (χ0) is 10.1. The monoisotopic (exact) mass is 210 g/mol. The van der Waals surface area contributed by atoms with Gasteiger partial charge in [0, 0.05) is 11.8 Å². The maximum absolute atomic E-state index is 8.99. The van der Waals surface area contributed by atoms with E-state index in [0.29, 0.717) is 12.2 Å². The summed E-state index contributed by atoms with van der Waals surface area (Å²) in [5.41, 5.74) is 1.12. The van der Waals surface area contributed by atoms with E-state index in [-0.39, 0.29) is 0 Å². The van der Waals surface area contributed by atoms with Crippen LogP contribution in [0.2, 0.25) is 0 Å². The van der Waals surface area contributed by atoms with Gasteiger partial charge in [-0.1, -0.05) is 23.7 Å². The van der Waals surface area contributed by atoms with Crippen LogP contribution in [0.15, 0.2) is 28.7 Å². The Bertz CT molecular complexity index is 445. The lowest BCUT2D eigenvalue weighted by Gasteiger charge is -1.95. The van der Waals surface area contributed by atoms with Gasteiger partial charge in [0.1, 0.15) is 16.9 Å². The molecule has 2 aromatic rings. The van der Waals surface area contributed by atoms with Gasteiger partial charge in [0.25, 0.3) is 0 Å². The Balaban J connectivity index is 2.41. The van der Waals surface area contributed by atoms with Crippen LogP contribution >= 0.6 is 11.6 Å². The number of furan rings is 1. The van der Waals surface area contributed by atoms with Crippen molar-refractivity contribution in [2.45, 2.75) is 18.9 Å². The van der Waals surface area contributed by atoms with Crippen molar-refractivity contribution in [2.75, 3.05) is 0 Å². The highest BCUT2D eigenvalue weighted by Crippen LogP contribution is 2.21. The summed E-state index contributed by atoms with van der Waals surface area (Å²) in [4.78, 5) is 0. The standard InChI is InChI=1S/C11H11ClO2/c1-7-2-3-8-5-9(6-11(12)13)14-10(8)4-7/h2-5,11,13H,6H2,1H3. The van der Waals surface area contributed by atoms with E-state index in [1.165, 1.54) is 0 Å². The van der Waals surface area contributed by atoms with Crippen molar-refractivity contribution in [3.8, 4) is 0 Å². The second-order valence-electron chi connectivity index (χ2n) is 3.39. The largest absolute Gasteiger partial charge is 0.461 e. The number of alkyl halides is 1. The smallest absolute Gasteiger partial charge is 0.135 e. The summed E-state index contributed by atoms with van der Waals surface area (Å²) in [6.45, 7) is 2.01. The fourth-order valence-electron chi connectivity index (χ4n) is 1.46. The third-order valence-corrected chi connectivity index (χ3v) is 2.25. The van der Waals surface area contributed by atoms with Crippen LogP contribution in [0.4, 0.5) is 0 Å². The summed E-state index contributed by atoms with van der Waals surface area (Å²) < 4.78 is 5.52. The molecule has 1 heterocycles. The highest BCUT2D eigenvalue weighted by atomic mass is 35.5. The summed E-state index contributed by atoms with van der Waals surface area (Å²) in [5, 5.41) is 10.0. The Kier molecular flexibility index (Phi) is 2.48. The molecular weight excluding hydrogens is 200 g/mol. The molecule has 1 aromatic heterocycles. The number of hydrogen-bond acceptors (Lipinski definition) is 2. The first-order chi connectivity index (χ1) is 6.65. The molecule has 1 unspecified atom stereocenters. The lowest BCUT2D eigenvalue weighted by atomic mass is 10.2. The van der Waals surface area contributed by atoms with E-state index in [1.54, 1.807) is 0 Å². The Morgan fingerprint density at radius 3 is 2.93 bits per heavy atom. The van der Waals surface area contributed by atoms with Crippen LogP contribution in [-0.4, -0.2) is 10.7 Å². The lowest BCUT2D eigenvalue weighted by Crippen LogP contribution is -1.98. The molecule has 1 atom stereocenters. The number of halogens is 1. The van der Waals surface area contributed by atoms with Crippen LogP contribution in [0, 0.1) is 6.92 Å². The Labute approximate surface area is 87.1 Å². The molecule has 1 aromatic carbocycles. The SMILES string of the molecule is Cc1ccc2cc(CC(O)Cl)oc2c1. The van der Waals surface area contributed by atoms with E-state index in [2.05, 4.69) is 0 Å². The molecule has 0 fully saturated rings. The number of fused-ring (bicyclic) bond motifs is 1. The van der Waals surface area contributed by atoms with Gasteiger partial charge in [-0.3, -0.25) is 0 Å². The number of hydrogen-bond donors (Lipinski definition) is 1. The maximum atomic E-state index is 8.99. The molecule has 0 radical (unpaired) electrons. The Hall–Kier alpha value is -0.990. The molecule has 0 amide bonds. The van der Waals surface area contributed by atoms with Crippen molar-refractivity contribution in [3.05, 3.63) is 35.6 Å². The van der Waals surface area contributed by atoms with Crippen molar-refractivity contribution in [1.82, 2.24) is 0 Å². The van der Waals surface area contributed by atoms with Gasteiger partial charge in [-0.2, -0.15) is 0 Å². The normalized spacial score (nSPS) is 13.4. The van der Waals surface area contributed by atoms with Crippen LogP contribution in [0.25, 0.3) is 11.0 Å². The topological polar surface area (TPSA) is 33.4 Å². The predicted octanol–water partition coefficient (Wildman–Crippen LogP) is 2.84. The van der Waals surface area contributed by atoms with Gasteiger partial charge in [-0.05, 0) is 24.6 Å². The summed E-state index contributed by atoms with van der Waals surface area (Å²) >= 11 is 5.47. The minimum Gasteiger partial charge on any atom is -0.461 e. The van der Waals surface area contributed by atoms with Gasteiger partial charge in [-0.25, -0.2) is 0 Å². The van der Waals surface area contributed by atoms with Gasteiger partial charge in [0.15, 0.2) is 0 Å². The number of aryl methyl sites for hydroxylation is 1. The molecular formula is C11H11ClO2. The average Bonchev–Trinajstić information content (AvgIpc) is 2.44. The van der Waals surface area contributed by atoms with Crippen LogP contribution in [-0.2, 0) is 6.42 Å². The van der Waals surface area contributed by atoms with Crippen LogP contribution < -0.4 is 0 Å². The van der Waals surface area contributed by atoms with Gasteiger partial charge in [0.05, 0.1) is 0 Å². The molecule has 2 rings (SSSR count). The van der Waals surface area contributed by atoms with Crippen molar-refractivity contribution < 1.29 is 9.52 Å². The van der Waals surface area contributed by atoms with E-state index in [1.807, 2.05) is 31.2 Å². The quantitative estimate of drug-likeness (QED) is 0.774. The molecule has 3 heteroatoms. The summed E-state index contributed by atoms with van der Waals surface area (Å²) in [7, 11) is 0. The molecule has 74 valence electrons. The maximum Gasteiger partial charge on any atom is 0.135 e. The number of aliphatic hydroxyl groups is 1. The van der Waals surface area contributed by atoms with Crippen LogP contribution in [0.5, 0.6) is 0 Å². The molecule has 0 saturated heterocycles. The molecule has 14 heavy (non-hydrogen) atoms. The third kappa shape index (κ3) is 1.91. The molecule has 0 bridgehead atoms. The first kappa shape index (κ1) is 9.56. The second-order valence-corrected chi connectivity index (χ2v) is 3.90. The van der Waals surface area contributed by atoms with Gasteiger partial charge >= 0.3 is 0 Å². The fraction of sp³-hybridized carbons (Fsp3) is 0.273. The zero-order valence-electron chi connectivity index (χ0n) is 7.83. The van der Waals surface area contributed by atoms with E-state index < -0.39 is 5.56 Å². The first-order valence-electron chi connectivity index (χ1n) is 4.46. The third-order valence-electron chi connectivity index (χ3n) is 2.10. The fourth-order valence-corrected chi connectivity index (χ4v) is 1.61. The van der Waals surface area contributed by atoms with Gasteiger partial charge < -0.3 is 9.52 Å². The lowest BCUT2D eigenvalue weighted by molar-refractivity contribution is 0.248. The van der Waals surface area contributed by atoms with E-state index in [9.17, 15) is 0 Å². The van der Waals surface area contributed by atoms with Gasteiger partial charge in [-0.15, -0.1) is 0 Å². The van der Waals surface area contributed by atoms with Crippen LogP contribution in [0.3, 0.4) is 0 Å². The molecule has 0 aliphatic heterocycles. The molecule has 1 N–H and O–H groups in total. The predicted molar refractivity (Wildman–Crippen MR) is 56.5 cm³/mol. The summed E-state index contributed by atoms with van der Waals surface area (Å²) in [5.74, 6) is 0.716. The van der Waals surface area contributed by atoms with E-state index in [0.717, 1.165) is 16.5 Å². The Morgan fingerprint density at radius 2 is 2.21 bits per heavy atom. The van der Waals surface area contributed by atoms with E-state index >= 15 is 0 Å². The molecule has 2 nitrogen and oxygen atoms in total. The van der Waals surface area contributed by atoms with E-state index in [4.69, 9.17) is 21.1 Å². The first-order valence-corrected chi connectivity index (χ1v) is 4.90. The molecule has 0 spiro atoms. The minimum atomic E-state index is -0.878. The van der Waals surface area contributed by atoms with Crippen LogP contribution in [0.1, 0.15) is 11.3 Å². The van der Waals surface area contributed by atoms with Crippen molar-refractivity contribution in [1.29, 1.82) is 0 Å². The van der Waals surface area contributed by atoms with Crippen molar-refractivity contribution >= 4 is 22.6 Å². The van der Waals surface area contributed by atoms with Crippen molar-refractivity contribution in [2.24, 2.45) is 0 Å². The van der Waals surface area contributed by atoms with Crippen molar-refractivity contribution in [3.63, 3.8) is 0 Å².